The first-order valence-corrected chi connectivity index (χ1v) is 12.2. The van der Waals surface area contributed by atoms with Crippen LogP contribution in [0.15, 0.2) is 54.1 Å². The van der Waals surface area contributed by atoms with Gasteiger partial charge in [-0.15, -0.1) is 0 Å². The van der Waals surface area contributed by atoms with Crippen LogP contribution in [0.2, 0.25) is 0 Å². The van der Waals surface area contributed by atoms with Crippen LogP contribution in [0, 0.1) is 0 Å². The molecular weight excluding hydrogens is 452 g/mol. The SMILES string of the molecule is CC(=O)Nc1cccc(N2CCN(CCCCNC(=O)C3=Cc4ccccc4OC3Cl)CC2)c1. The maximum atomic E-state index is 12.6. The van der Waals surface area contributed by atoms with Crippen molar-refractivity contribution in [3.05, 3.63) is 59.7 Å². The van der Waals surface area contributed by atoms with Crippen LogP contribution in [0.5, 0.6) is 5.75 Å². The summed E-state index contributed by atoms with van der Waals surface area (Å²) in [6.45, 7) is 7.03. The molecule has 0 spiro atoms. The summed E-state index contributed by atoms with van der Waals surface area (Å²) in [5.41, 5.74) is 2.50. The average Bonchev–Trinajstić information content (AvgIpc) is 2.83. The number of carbonyl (C=O) groups excluding carboxylic acids is 2. The van der Waals surface area contributed by atoms with Crippen molar-refractivity contribution in [3.8, 4) is 5.75 Å². The second-order valence-electron chi connectivity index (χ2n) is 8.59. The number of benzene rings is 2. The fraction of sp³-hybridized carbons (Fsp3) is 0.385. The maximum absolute atomic E-state index is 12.6. The lowest BCUT2D eigenvalue weighted by atomic mass is 10.1. The van der Waals surface area contributed by atoms with Gasteiger partial charge in [0.15, 0.2) is 0 Å². The van der Waals surface area contributed by atoms with Gasteiger partial charge in [-0.2, -0.15) is 0 Å². The van der Waals surface area contributed by atoms with Crippen molar-refractivity contribution in [2.75, 3.05) is 49.5 Å². The molecule has 2 aromatic carbocycles. The molecule has 1 atom stereocenters. The zero-order valence-electron chi connectivity index (χ0n) is 19.4. The topological polar surface area (TPSA) is 73.9 Å². The molecule has 0 radical (unpaired) electrons. The van der Waals surface area contributed by atoms with Crippen molar-refractivity contribution in [3.63, 3.8) is 0 Å². The molecule has 1 fully saturated rings. The van der Waals surface area contributed by atoms with E-state index < -0.39 is 5.56 Å². The van der Waals surface area contributed by atoms with E-state index in [9.17, 15) is 9.59 Å². The first-order valence-electron chi connectivity index (χ1n) is 11.7. The minimum Gasteiger partial charge on any atom is -0.469 e. The molecule has 0 bridgehead atoms. The lowest BCUT2D eigenvalue weighted by molar-refractivity contribution is -0.118. The van der Waals surface area contributed by atoms with Gasteiger partial charge in [-0.1, -0.05) is 35.9 Å². The number of unbranched alkanes of at least 4 members (excludes halogenated alkanes) is 1. The highest BCUT2D eigenvalue weighted by Crippen LogP contribution is 2.31. The molecule has 2 N–H and O–H groups in total. The number of nitrogens with zero attached hydrogens (tertiary/aromatic N) is 2. The molecular formula is C26H31ClN4O3. The minimum absolute atomic E-state index is 0.0604. The second-order valence-corrected chi connectivity index (χ2v) is 8.99. The largest absolute Gasteiger partial charge is 0.469 e. The summed E-state index contributed by atoms with van der Waals surface area (Å²) in [7, 11) is 0. The molecule has 2 aliphatic rings. The van der Waals surface area contributed by atoms with Crippen molar-refractivity contribution >= 4 is 40.9 Å². The van der Waals surface area contributed by atoms with E-state index >= 15 is 0 Å². The van der Waals surface area contributed by atoms with Gasteiger partial charge in [-0.3, -0.25) is 14.5 Å². The third kappa shape index (κ3) is 6.30. The number of halogens is 1. The van der Waals surface area contributed by atoms with Crippen LogP contribution >= 0.6 is 11.6 Å². The number of nitrogens with one attached hydrogen (secondary N) is 2. The van der Waals surface area contributed by atoms with E-state index in [2.05, 4.69) is 26.5 Å². The number of fused-ring (bicyclic) bond motifs is 1. The Morgan fingerprint density at radius 1 is 1.06 bits per heavy atom. The smallest absolute Gasteiger partial charge is 0.252 e. The molecule has 8 heteroatoms. The third-order valence-electron chi connectivity index (χ3n) is 6.06. The van der Waals surface area contributed by atoms with Crippen molar-refractivity contribution in [2.24, 2.45) is 0 Å². The Hall–Kier alpha value is -3.03. The van der Waals surface area contributed by atoms with Crippen molar-refractivity contribution in [1.29, 1.82) is 0 Å². The fourth-order valence-corrected chi connectivity index (χ4v) is 4.52. The minimum atomic E-state index is -0.773. The van der Waals surface area contributed by atoms with Gasteiger partial charge in [0.2, 0.25) is 11.5 Å². The molecule has 2 heterocycles. The number of carbonyl (C=O) groups is 2. The predicted octanol–water partition coefficient (Wildman–Crippen LogP) is 3.70. The van der Waals surface area contributed by atoms with Gasteiger partial charge in [-0.05, 0) is 49.7 Å². The lowest BCUT2D eigenvalue weighted by Gasteiger charge is -2.36. The van der Waals surface area contributed by atoms with E-state index in [1.807, 2.05) is 42.5 Å². The van der Waals surface area contributed by atoms with Crippen LogP contribution in [-0.4, -0.2) is 61.5 Å². The average molecular weight is 483 g/mol. The Morgan fingerprint density at radius 2 is 1.85 bits per heavy atom. The molecule has 2 aromatic rings. The highest BCUT2D eigenvalue weighted by atomic mass is 35.5. The van der Waals surface area contributed by atoms with Crippen LogP contribution in [0.4, 0.5) is 11.4 Å². The molecule has 0 aliphatic carbocycles. The fourth-order valence-electron chi connectivity index (χ4n) is 4.26. The maximum Gasteiger partial charge on any atom is 0.252 e. The molecule has 2 aliphatic heterocycles. The quantitative estimate of drug-likeness (QED) is 0.443. The molecule has 0 saturated carbocycles. The van der Waals surface area contributed by atoms with E-state index in [4.69, 9.17) is 16.3 Å². The molecule has 180 valence electrons. The highest BCUT2D eigenvalue weighted by Gasteiger charge is 2.25. The number of alkyl halides is 1. The summed E-state index contributed by atoms with van der Waals surface area (Å²) in [4.78, 5) is 28.7. The molecule has 1 saturated heterocycles. The van der Waals surface area contributed by atoms with Crippen molar-refractivity contribution in [2.45, 2.75) is 25.3 Å². The molecule has 0 aromatic heterocycles. The molecule has 4 rings (SSSR count). The normalized spacial score (nSPS) is 17.9. The van der Waals surface area contributed by atoms with Crippen LogP contribution in [-0.2, 0) is 9.59 Å². The Balaban J connectivity index is 1.15. The lowest BCUT2D eigenvalue weighted by Crippen LogP contribution is -2.46. The van der Waals surface area contributed by atoms with Gasteiger partial charge < -0.3 is 20.3 Å². The van der Waals surface area contributed by atoms with Gasteiger partial charge in [0.1, 0.15) is 5.75 Å². The summed E-state index contributed by atoms with van der Waals surface area (Å²) in [5, 5.41) is 5.82. The van der Waals surface area contributed by atoms with E-state index in [1.165, 1.54) is 6.92 Å². The van der Waals surface area contributed by atoms with Crippen LogP contribution < -0.4 is 20.3 Å². The van der Waals surface area contributed by atoms with Gasteiger partial charge in [-0.25, -0.2) is 0 Å². The Morgan fingerprint density at radius 3 is 2.65 bits per heavy atom. The summed E-state index contributed by atoms with van der Waals surface area (Å²) in [5.74, 6) is 0.457. The van der Waals surface area contributed by atoms with Crippen LogP contribution in [0.3, 0.4) is 0 Å². The predicted molar refractivity (Wildman–Crippen MR) is 136 cm³/mol. The third-order valence-corrected chi connectivity index (χ3v) is 6.38. The van der Waals surface area contributed by atoms with Gasteiger partial charge in [0.05, 0.1) is 5.57 Å². The molecule has 7 nitrogen and oxygen atoms in total. The zero-order chi connectivity index (χ0) is 23.9. The van der Waals surface area contributed by atoms with Gasteiger partial charge >= 0.3 is 0 Å². The number of ether oxygens (including phenoxy) is 1. The molecule has 1 unspecified atom stereocenters. The van der Waals surface area contributed by atoms with Crippen molar-refractivity contribution < 1.29 is 14.3 Å². The Bertz CT molecular complexity index is 1050. The molecule has 34 heavy (non-hydrogen) atoms. The summed E-state index contributed by atoms with van der Waals surface area (Å²) >= 11 is 6.25. The van der Waals surface area contributed by atoms with Crippen molar-refractivity contribution in [1.82, 2.24) is 10.2 Å². The number of rotatable bonds is 8. The number of amides is 2. The first kappa shape index (κ1) is 24.1. The first-order chi connectivity index (χ1) is 16.5. The summed E-state index contributed by atoms with van der Waals surface area (Å²) in [6, 6.07) is 15.5. The highest BCUT2D eigenvalue weighted by molar-refractivity contribution is 6.26. The van der Waals surface area contributed by atoms with Gasteiger partial charge in [0.25, 0.3) is 5.91 Å². The van der Waals surface area contributed by atoms with Crippen LogP contribution in [0.1, 0.15) is 25.3 Å². The summed E-state index contributed by atoms with van der Waals surface area (Å²) in [6.07, 6.45) is 3.72. The zero-order valence-corrected chi connectivity index (χ0v) is 20.2. The number of hydrogen-bond acceptors (Lipinski definition) is 5. The van der Waals surface area contributed by atoms with Crippen LogP contribution in [0.25, 0.3) is 6.08 Å². The number of anilines is 2. The second kappa shape index (κ2) is 11.4. The van der Waals surface area contributed by atoms with E-state index in [-0.39, 0.29) is 11.8 Å². The van der Waals surface area contributed by atoms with E-state index in [0.717, 1.165) is 62.5 Å². The Labute approximate surface area is 205 Å². The summed E-state index contributed by atoms with van der Waals surface area (Å²) < 4.78 is 5.64. The number of piperazine rings is 1. The Kier molecular flexibility index (Phi) is 8.08. The number of hydrogen-bond donors (Lipinski definition) is 2. The number of para-hydroxylation sites is 1. The monoisotopic (exact) mass is 482 g/mol. The van der Waals surface area contributed by atoms with E-state index in [0.29, 0.717) is 17.9 Å². The molecule has 2 amide bonds. The van der Waals surface area contributed by atoms with Gasteiger partial charge in [0, 0.05) is 56.6 Å². The standard InChI is InChI=1S/C26H31ClN4O3/c1-19(32)29-21-8-6-9-22(18-21)31-15-13-30(14-16-31)12-5-4-11-28-26(33)23-17-20-7-2-3-10-24(20)34-25(23)27/h2-3,6-10,17-18,25H,4-5,11-16H2,1H3,(H,28,33)(H,29,32). The van der Waals surface area contributed by atoms with E-state index in [1.54, 1.807) is 6.08 Å².